The Morgan fingerprint density at radius 1 is 1.75 bits per heavy atom. The molecule has 0 aliphatic heterocycles. The summed E-state index contributed by atoms with van der Waals surface area (Å²) in [5.74, 6) is -0.137. The molecule has 4 N–H and O–H groups in total. The monoisotopic (exact) mass is 117 g/mol. The first-order valence-electron chi connectivity index (χ1n) is 2.40. The number of hydrazine groups is 1. The van der Waals surface area contributed by atoms with E-state index in [2.05, 4.69) is 10.9 Å². The van der Waals surface area contributed by atoms with Gasteiger partial charge in [0, 0.05) is 6.92 Å². The van der Waals surface area contributed by atoms with Crippen LogP contribution in [0.4, 0.5) is 0 Å². The molecule has 4 nitrogen and oxygen atoms in total. The van der Waals surface area contributed by atoms with Crippen LogP contribution in [0.25, 0.3) is 0 Å². The Labute approximate surface area is 48.4 Å². The van der Waals surface area contributed by atoms with Crippen molar-refractivity contribution in [2.45, 2.75) is 20.0 Å². The Hall–Kier alpha value is -0.610. The quantitative estimate of drug-likeness (QED) is 0.319. The minimum absolute atomic E-state index is 0.137. The highest BCUT2D eigenvalue weighted by atomic mass is 16.2. The molecule has 8 heavy (non-hydrogen) atoms. The molecule has 48 valence electrons. The Morgan fingerprint density at radius 2 is 2.25 bits per heavy atom. The van der Waals surface area contributed by atoms with Crippen LogP contribution in [0, 0.1) is 0 Å². The van der Waals surface area contributed by atoms with Crippen LogP contribution >= 0.6 is 0 Å². The number of nitrogens with one attached hydrogen (secondary N) is 2. The van der Waals surface area contributed by atoms with Crippen molar-refractivity contribution in [3.8, 4) is 0 Å². The molecule has 0 fully saturated rings. The standard InChI is InChI=1S/C4H11N3O/c1-3(5)6-7-4(2)8/h3,6H,5H2,1-2H3,(H,7,8). The third-order valence-electron chi connectivity index (χ3n) is 0.476. The number of carbonyl (C=O) groups excluding carboxylic acids is 1. The second-order valence-electron chi connectivity index (χ2n) is 1.61. The first-order chi connectivity index (χ1) is 3.63. The van der Waals surface area contributed by atoms with Gasteiger partial charge in [0.1, 0.15) is 0 Å². The zero-order valence-electron chi connectivity index (χ0n) is 5.06. The molecule has 1 atom stereocenters. The average Bonchev–Trinajstić information content (AvgIpc) is 1.61. The van der Waals surface area contributed by atoms with Gasteiger partial charge in [0.15, 0.2) is 0 Å². The third kappa shape index (κ3) is 5.39. The van der Waals surface area contributed by atoms with Crippen molar-refractivity contribution >= 4 is 5.91 Å². The fraction of sp³-hybridized carbons (Fsp3) is 0.750. The van der Waals surface area contributed by atoms with Crippen LogP contribution in [-0.4, -0.2) is 12.1 Å². The van der Waals surface area contributed by atoms with Crippen molar-refractivity contribution in [2.24, 2.45) is 5.73 Å². The number of hydrogen-bond donors (Lipinski definition) is 3. The van der Waals surface area contributed by atoms with Gasteiger partial charge in [0.25, 0.3) is 0 Å². The minimum atomic E-state index is -0.195. The van der Waals surface area contributed by atoms with Crippen LogP contribution in [0.1, 0.15) is 13.8 Å². The van der Waals surface area contributed by atoms with Crippen molar-refractivity contribution in [3.05, 3.63) is 0 Å². The summed E-state index contributed by atoms with van der Waals surface area (Å²) in [5.41, 5.74) is 10.1. The summed E-state index contributed by atoms with van der Waals surface area (Å²) in [4.78, 5) is 10.1. The van der Waals surface area contributed by atoms with E-state index in [1.54, 1.807) is 6.92 Å². The largest absolute Gasteiger partial charge is 0.315 e. The van der Waals surface area contributed by atoms with Crippen molar-refractivity contribution in [2.75, 3.05) is 0 Å². The van der Waals surface area contributed by atoms with Crippen LogP contribution in [0.3, 0.4) is 0 Å². The van der Waals surface area contributed by atoms with Gasteiger partial charge in [-0.2, -0.15) is 0 Å². The van der Waals surface area contributed by atoms with Crippen LogP contribution < -0.4 is 16.6 Å². The van der Waals surface area contributed by atoms with Gasteiger partial charge in [-0.3, -0.25) is 10.2 Å². The maximum atomic E-state index is 10.1. The molecule has 0 heterocycles. The number of amides is 1. The highest BCUT2D eigenvalue weighted by Gasteiger charge is 1.90. The van der Waals surface area contributed by atoms with E-state index in [0.717, 1.165) is 0 Å². The van der Waals surface area contributed by atoms with E-state index in [9.17, 15) is 4.79 Å². The lowest BCUT2D eigenvalue weighted by atomic mass is 10.6. The van der Waals surface area contributed by atoms with Gasteiger partial charge in [-0.25, -0.2) is 5.43 Å². The number of nitrogens with two attached hydrogens (primary N) is 1. The topological polar surface area (TPSA) is 67.2 Å². The molecule has 0 aliphatic rings. The number of rotatable bonds is 2. The minimum Gasteiger partial charge on any atom is -0.315 e. The van der Waals surface area contributed by atoms with Gasteiger partial charge >= 0.3 is 0 Å². The SMILES string of the molecule is CC(=O)NNC(C)N. The molecular formula is C4H11N3O. The lowest BCUT2D eigenvalue weighted by Crippen LogP contribution is -2.46. The molecule has 1 unspecified atom stereocenters. The van der Waals surface area contributed by atoms with Crippen LogP contribution in [-0.2, 0) is 4.79 Å². The van der Waals surface area contributed by atoms with Crippen LogP contribution in [0.5, 0.6) is 0 Å². The fourth-order valence-corrected chi connectivity index (χ4v) is 0.215. The molecule has 0 aromatic rings. The van der Waals surface area contributed by atoms with E-state index in [0.29, 0.717) is 0 Å². The molecule has 0 aliphatic carbocycles. The molecule has 4 heteroatoms. The van der Waals surface area contributed by atoms with E-state index in [-0.39, 0.29) is 12.1 Å². The predicted molar refractivity (Wildman–Crippen MR) is 30.6 cm³/mol. The maximum Gasteiger partial charge on any atom is 0.231 e. The van der Waals surface area contributed by atoms with Gasteiger partial charge in [-0.15, -0.1) is 0 Å². The second kappa shape index (κ2) is 3.40. The van der Waals surface area contributed by atoms with Crippen LogP contribution in [0.15, 0.2) is 0 Å². The first kappa shape index (κ1) is 7.39. The van der Waals surface area contributed by atoms with Gasteiger partial charge in [-0.05, 0) is 6.92 Å². The second-order valence-corrected chi connectivity index (χ2v) is 1.61. The van der Waals surface area contributed by atoms with Gasteiger partial charge in [0.05, 0.1) is 6.17 Å². The Morgan fingerprint density at radius 3 is 2.38 bits per heavy atom. The summed E-state index contributed by atoms with van der Waals surface area (Å²) in [6.07, 6.45) is -0.195. The summed E-state index contributed by atoms with van der Waals surface area (Å²) in [6.45, 7) is 3.14. The molecule has 0 rings (SSSR count). The van der Waals surface area contributed by atoms with Gasteiger partial charge in [-0.1, -0.05) is 0 Å². The molecule has 0 spiro atoms. The van der Waals surface area contributed by atoms with Crippen LogP contribution in [0.2, 0.25) is 0 Å². The zero-order valence-corrected chi connectivity index (χ0v) is 5.06. The molecule has 0 aromatic heterocycles. The lowest BCUT2D eigenvalue weighted by Gasteiger charge is -2.06. The third-order valence-corrected chi connectivity index (χ3v) is 0.476. The molecule has 0 aromatic carbocycles. The Balaban J connectivity index is 3.05. The van der Waals surface area contributed by atoms with Crippen molar-refractivity contribution in [1.29, 1.82) is 0 Å². The highest BCUT2D eigenvalue weighted by Crippen LogP contribution is 1.58. The van der Waals surface area contributed by atoms with E-state index < -0.39 is 0 Å². The summed E-state index contributed by atoms with van der Waals surface area (Å²) in [6, 6.07) is 0. The highest BCUT2D eigenvalue weighted by molar-refractivity contribution is 5.72. The normalized spacial score (nSPS) is 12.9. The van der Waals surface area contributed by atoms with Crippen molar-refractivity contribution < 1.29 is 4.79 Å². The lowest BCUT2D eigenvalue weighted by molar-refractivity contribution is -0.120. The van der Waals surface area contributed by atoms with E-state index in [1.807, 2.05) is 0 Å². The van der Waals surface area contributed by atoms with Crippen molar-refractivity contribution in [3.63, 3.8) is 0 Å². The van der Waals surface area contributed by atoms with E-state index >= 15 is 0 Å². The fourth-order valence-electron chi connectivity index (χ4n) is 0.215. The molecule has 0 radical (unpaired) electrons. The smallest absolute Gasteiger partial charge is 0.231 e. The van der Waals surface area contributed by atoms with E-state index in [4.69, 9.17) is 5.73 Å². The molecular weight excluding hydrogens is 106 g/mol. The summed E-state index contributed by atoms with van der Waals surface area (Å²) < 4.78 is 0. The molecule has 0 bridgehead atoms. The molecule has 0 saturated carbocycles. The predicted octanol–water partition coefficient (Wildman–Crippen LogP) is -1.07. The number of hydrogen-bond acceptors (Lipinski definition) is 3. The van der Waals surface area contributed by atoms with E-state index in [1.165, 1.54) is 6.92 Å². The van der Waals surface area contributed by atoms with Gasteiger partial charge in [0.2, 0.25) is 5.91 Å². The molecule has 1 amide bonds. The van der Waals surface area contributed by atoms with Gasteiger partial charge < -0.3 is 5.73 Å². The molecule has 0 saturated heterocycles. The maximum absolute atomic E-state index is 10.1. The van der Waals surface area contributed by atoms with Crippen molar-refractivity contribution in [1.82, 2.24) is 10.9 Å². The number of carbonyl (C=O) groups is 1. The Bertz CT molecular complexity index is 81.4. The summed E-state index contributed by atoms with van der Waals surface area (Å²) in [7, 11) is 0. The Kier molecular flexibility index (Phi) is 3.14. The first-order valence-corrected chi connectivity index (χ1v) is 2.40. The summed E-state index contributed by atoms with van der Waals surface area (Å²) in [5, 5.41) is 0. The zero-order chi connectivity index (χ0) is 6.57. The average molecular weight is 117 g/mol. The summed E-state index contributed by atoms with van der Waals surface area (Å²) >= 11 is 0.